The highest BCUT2D eigenvalue weighted by molar-refractivity contribution is 5.88. The molecule has 0 saturated carbocycles. The number of hydrogen-bond acceptors (Lipinski definition) is 4. The molecular weight excluding hydrogens is 276 g/mol. The first-order valence-electron chi connectivity index (χ1n) is 6.71. The molecule has 0 aliphatic rings. The van der Waals surface area contributed by atoms with E-state index in [1.165, 1.54) is 6.07 Å². The topological polar surface area (TPSA) is 101 Å². The second-order valence-corrected chi connectivity index (χ2v) is 5.12. The van der Waals surface area contributed by atoms with E-state index in [0.29, 0.717) is 18.1 Å². The molecule has 0 radical (unpaired) electrons. The number of hydrogen-bond donors (Lipinski definition) is 3. The molecule has 0 aliphatic heterocycles. The second-order valence-electron chi connectivity index (χ2n) is 5.12. The van der Waals surface area contributed by atoms with Gasteiger partial charge in [-0.1, -0.05) is 13.8 Å². The van der Waals surface area contributed by atoms with Crippen LogP contribution in [0.3, 0.4) is 0 Å². The average molecular weight is 298 g/mol. The Bertz CT molecular complexity index is 496. The molecule has 3 N–H and O–H groups in total. The van der Waals surface area contributed by atoms with Crippen molar-refractivity contribution in [3.8, 4) is 0 Å². The molecule has 1 unspecified atom stereocenters. The summed E-state index contributed by atoms with van der Waals surface area (Å²) in [6.45, 7) is 6.09. The fourth-order valence-corrected chi connectivity index (χ4v) is 1.81. The monoisotopic (exact) mass is 298 g/mol. The molecule has 2 amide bonds. The van der Waals surface area contributed by atoms with Gasteiger partial charge in [-0.3, -0.25) is 0 Å². The standard InChI is InChI=1S/C14H22N2O5/c1-8(2)12(7-20-4)16-14(19)15-6-10-5-11(13(17)18)9(3)21-10/h5,8,12H,6-7H2,1-4H3,(H,17,18)(H2,15,16,19). The number of carbonyl (C=O) groups excluding carboxylic acids is 1. The molecule has 1 aromatic heterocycles. The normalized spacial score (nSPS) is 12.2. The minimum Gasteiger partial charge on any atom is -0.478 e. The molecule has 0 aliphatic carbocycles. The number of carbonyl (C=O) groups is 2. The average Bonchev–Trinajstić information content (AvgIpc) is 2.77. The van der Waals surface area contributed by atoms with Crippen molar-refractivity contribution in [3.63, 3.8) is 0 Å². The van der Waals surface area contributed by atoms with Crippen molar-refractivity contribution in [2.45, 2.75) is 33.4 Å². The zero-order valence-electron chi connectivity index (χ0n) is 12.7. The first-order chi connectivity index (χ1) is 9.85. The minimum atomic E-state index is -1.05. The molecule has 21 heavy (non-hydrogen) atoms. The fraction of sp³-hybridized carbons (Fsp3) is 0.571. The molecule has 0 saturated heterocycles. The molecule has 0 spiro atoms. The zero-order chi connectivity index (χ0) is 16.0. The lowest BCUT2D eigenvalue weighted by Gasteiger charge is -2.21. The lowest BCUT2D eigenvalue weighted by atomic mass is 10.1. The number of methoxy groups -OCH3 is 1. The smallest absolute Gasteiger partial charge is 0.339 e. The predicted octanol–water partition coefficient (Wildman–Crippen LogP) is 1.76. The summed E-state index contributed by atoms with van der Waals surface area (Å²) in [6, 6.07) is 0.965. The number of nitrogens with one attached hydrogen (secondary N) is 2. The van der Waals surface area contributed by atoms with Crippen LogP contribution in [0.1, 0.15) is 35.7 Å². The number of urea groups is 1. The molecule has 7 heteroatoms. The van der Waals surface area contributed by atoms with Gasteiger partial charge in [0.05, 0.1) is 19.2 Å². The molecule has 118 valence electrons. The van der Waals surface area contributed by atoms with Crippen molar-refractivity contribution < 1.29 is 23.8 Å². The highest BCUT2D eigenvalue weighted by Gasteiger charge is 2.17. The minimum absolute atomic E-state index is 0.0945. The number of aryl methyl sites for hydroxylation is 1. The van der Waals surface area contributed by atoms with Crippen molar-refractivity contribution >= 4 is 12.0 Å². The van der Waals surface area contributed by atoms with Gasteiger partial charge in [0, 0.05) is 7.11 Å². The molecule has 1 rings (SSSR count). The van der Waals surface area contributed by atoms with E-state index in [1.54, 1.807) is 14.0 Å². The Morgan fingerprint density at radius 1 is 1.43 bits per heavy atom. The SMILES string of the molecule is COCC(NC(=O)NCc1cc(C(=O)O)c(C)o1)C(C)C. The van der Waals surface area contributed by atoms with Gasteiger partial charge in [-0.25, -0.2) is 9.59 Å². The Kier molecular flexibility index (Phi) is 6.23. The van der Waals surface area contributed by atoms with E-state index < -0.39 is 5.97 Å². The van der Waals surface area contributed by atoms with Crippen LogP contribution in [0.15, 0.2) is 10.5 Å². The third-order valence-corrected chi connectivity index (χ3v) is 3.09. The van der Waals surface area contributed by atoms with E-state index >= 15 is 0 Å². The zero-order valence-corrected chi connectivity index (χ0v) is 12.7. The van der Waals surface area contributed by atoms with Crippen molar-refractivity contribution in [2.24, 2.45) is 5.92 Å². The maximum Gasteiger partial charge on any atom is 0.339 e. The van der Waals surface area contributed by atoms with Gasteiger partial charge in [0.2, 0.25) is 0 Å². The second kappa shape index (κ2) is 7.68. The molecule has 1 aromatic rings. The third kappa shape index (κ3) is 5.11. The lowest BCUT2D eigenvalue weighted by molar-refractivity contribution is 0.0695. The van der Waals surface area contributed by atoms with Crippen molar-refractivity contribution in [1.29, 1.82) is 0 Å². The molecule has 0 aromatic carbocycles. The van der Waals surface area contributed by atoms with Gasteiger partial charge < -0.3 is 24.9 Å². The summed E-state index contributed by atoms with van der Waals surface area (Å²) < 4.78 is 10.3. The fourth-order valence-electron chi connectivity index (χ4n) is 1.81. The molecule has 1 atom stereocenters. The summed E-state index contributed by atoms with van der Waals surface area (Å²) in [5.41, 5.74) is 0.103. The largest absolute Gasteiger partial charge is 0.478 e. The number of rotatable bonds is 7. The Labute approximate surface area is 123 Å². The number of amides is 2. The van der Waals surface area contributed by atoms with E-state index in [2.05, 4.69) is 10.6 Å². The van der Waals surface area contributed by atoms with Crippen LogP contribution in [-0.4, -0.2) is 36.9 Å². The number of carboxylic acid groups (broad SMARTS) is 1. The summed E-state index contributed by atoms with van der Waals surface area (Å²) in [7, 11) is 1.58. The van der Waals surface area contributed by atoms with Crippen LogP contribution in [0.4, 0.5) is 4.79 Å². The van der Waals surface area contributed by atoms with Crippen LogP contribution in [-0.2, 0) is 11.3 Å². The van der Waals surface area contributed by atoms with Crippen LogP contribution >= 0.6 is 0 Å². The van der Waals surface area contributed by atoms with Crippen molar-refractivity contribution in [1.82, 2.24) is 10.6 Å². The quantitative estimate of drug-likeness (QED) is 0.712. The summed E-state index contributed by atoms with van der Waals surface area (Å²) >= 11 is 0. The van der Waals surface area contributed by atoms with Gasteiger partial charge in [-0.15, -0.1) is 0 Å². The van der Waals surface area contributed by atoms with Gasteiger partial charge in [0.1, 0.15) is 17.1 Å². The van der Waals surface area contributed by atoms with E-state index in [4.69, 9.17) is 14.3 Å². The number of ether oxygens (including phenoxy) is 1. The van der Waals surface area contributed by atoms with Gasteiger partial charge in [0.25, 0.3) is 0 Å². The van der Waals surface area contributed by atoms with Crippen LogP contribution < -0.4 is 10.6 Å². The van der Waals surface area contributed by atoms with E-state index in [0.717, 1.165) is 0 Å². The first-order valence-corrected chi connectivity index (χ1v) is 6.71. The molecule has 0 bridgehead atoms. The molecular formula is C14H22N2O5. The summed E-state index contributed by atoms with van der Waals surface area (Å²) in [6.07, 6.45) is 0. The Balaban J connectivity index is 2.52. The van der Waals surface area contributed by atoms with E-state index in [-0.39, 0.29) is 30.1 Å². The van der Waals surface area contributed by atoms with Crippen LogP contribution in [0.25, 0.3) is 0 Å². The van der Waals surface area contributed by atoms with Gasteiger partial charge >= 0.3 is 12.0 Å². The predicted molar refractivity (Wildman–Crippen MR) is 76.3 cm³/mol. The van der Waals surface area contributed by atoms with E-state index in [9.17, 15) is 9.59 Å². The third-order valence-electron chi connectivity index (χ3n) is 3.09. The van der Waals surface area contributed by atoms with E-state index in [1.807, 2.05) is 13.8 Å². The maximum atomic E-state index is 11.8. The number of carboxylic acids is 1. The summed E-state index contributed by atoms with van der Waals surface area (Å²) in [5, 5.41) is 14.4. The van der Waals surface area contributed by atoms with Gasteiger partial charge in [-0.05, 0) is 18.9 Å². The van der Waals surface area contributed by atoms with Crippen LogP contribution in [0, 0.1) is 12.8 Å². The van der Waals surface area contributed by atoms with Crippen LogP contribution in [0.5, 0.6) is 0 Å². The van der Waals surface area contributed by atoms with Crippen molar-refractivity contribution in [3.05, 3.63) is 23.2 Å². The molecule has 7 nitrogen and oxygen atoms in total. The highest BCUT2D eigenvalue weighted by Crippen LogP contribution is 2.14. The van der Waals surface area contributed by atoms with Crippen molar-refractivity contribution in [2.75, 3.05) is 13.7 Å². The Morgan fingerprint density at radius 2 is 2.10 bits per heavy atom. The van der Waals surface area contributed by atoms with Crippen LogP contribution in [0.2, 0.25) is 0 Å². The van der Waals surface area contributed by atoms with Gasteiger partial charge in [0.15, 0.2) is 0 Å². The summed E-state index contributed by atoms with van der Waals surface area (Å²) in [4.78, 5) is 22.7. The first kappa shape index (κ1) is 17.0. The lowest BCUT2D eigenvalue weighted by Crippen LogP contribution is -2.46. The Hall–Kier alpha value is -2.02. The number of furan rings is 1. The molecule has 1 heterocycles. The Morgan fingerprint density at radius 3 is 2.57 bits per heavy atom. The highest BCUT2D eigenvalue weighted by atomic mass is 16.5. The molecule has 0 fully saturated rings. The van der Waals surface area contributed by atoms with Gasteiger partial charge in [-0.2, -0.15) is 0 Å². The summed E-state index contributed by atoms with van der Waals surface area (Å²) in [5.74, 6) is -0.0980. The number of aromatic carboxylic acids is 1. The maximum absolute atomic E-state index is 11.8.